The van der Waals surface area contributed by atoms with Crippen LogP contribution in [0.15, 0.2) is 61.4 Å². The predicted molar refractivity (Wildman–Crippen MR) is 142 cm³/mol. The van der Waals surface area contributed by atoms with Crippen molar-refractivity contribution in [3.63, 3.8) is 0 Å². The van der Waals surface area contributed by atoms with Crippen LogP contribution >= 0.6 is 0 Å². The standard InChI is InChI=1S/C27H26FN9/c1-17-21(28)6-5-19-14-20(18(2)34-26-25-22(32-16-33-26)4-3-7-31-25)27(35-24(17)19)37-12-10-36(11-13-37)23-15-29-8-9-30-23/h3-9,14-16,18H,10-13H2,1-2H3,(H,32,33,34)/t18-/m0/s1. The van der Waals surface area contributed by atoms with Crippen LogP contribution < -0.4 is 15.1 Å². The number of piperazine rings is 1. The number of anilines is 3. The molecule has 6 rings (SSSR count). The number of nitrogens with zero attached hydrogens (tertiary/aromatic N) is 8. The molecular formula is C27H26FN9. The van der Waals surface area contributed by atoms with E-state index in [2.05, 4.69) is 53.0 Å². The number of pyridine rings is 2. The molecule has 1 saturated heterocycles. The normalized spacial score (nSPS) is 14.8. The number of halogens is 1. The zero-order chi connectivity index (χ0) is 25.4. The van der Waals surface area contributed by atoms with Gasteiger partial charge in [0.2, 0.25) is 0 Å². The molecule has 0 spiro atoms. The van der Waals surface area contributed by atoms with E-state index >= 15 is 0 Å². The molecule has 0 radical (unpaired) electrons. The fourth-order valence-electron chi connectivity index (χ4n) is 4.82. The predicted octanol–water partition coefficient (Wildman–Crippen LogP) is 4.31. The summed E-state index contributed by atoms with van der Waals surface area (Å²) < 4.78 is 14.4. The number of rotatable bonds is 5. The Labute approximate surface area is 213 Å². The number of hydrogen-bond donors (Lipinski definition) is 1. The van der Waals surface area contributed by atoms with Crippen LogP contribution in [0.3, 0.4) is 0 Å². The number of benzene rings is 1. The van der Waals surface area contributed by atoms with Gasteiger partial charge in [0.25, 0.3) is 0 Å². The summed E-state index contributed by atoms with van der Waals surface area (Å²) in [6.07, 6.45) is 8.45. The van der Waals surface area contributed by atoms with Crippen LogP contribution in [-0.4, -0.2) is 56.1 Å². The summed E-state index contributed by atoms with van der Waals surface area (Å²) in [5, 5.41) is 4.42. The third-order valence-corrected chi connectivity index (χ3v) is 6.85. The molecule has 0 unspecified atom stereocenters. The molecule has 4 aromatic heterocycles. The van der Waals surface area contributed by atoms with E-state index in [0.29, 0.717) is 22.4 Å². The second-order valence-electron chi connectivity index (χ2n) is 9.14. The second kappa shape index (κ2) is 9.53. The number of fused-ring (bicyclic) bond motifs is 2. The Morgan fingerprint density at radius 2 is 1.76 bits per heavy atom. The van der Waals surface area contributed by atoms with E-state index in [-0.39, 0.29) is 11.9 Å². The maximum atomic E-state index is 14.4. The Bertz CT molecular complexity index is 1560. The van der Waals surface area contributed by atoms with Gasteiger partial charge in [-0.1, -0.05) is 0 Å². The topological polar surface area (TPSA) is 95.9 Å². The van der Waals surface area contributed by atoms with E-state index < -0.39 is 0 Å². The van der Waals surface area contributed by atoms with Crippen molar-refractivity contribution in [1.82, 2.24) is 29.9 Å². The number of nitrogens with one attached hydrogen (secondary N) is 1. The van der Waals surface area contributed by atoms with Crippen molar-refractivity contribution in [2.75, 3.05) is 41.3 Å². The minimum atomic E-state index is -0.254. The molecule has 1 aromatic carbocycles. The highest BCUT2D eigenvalue weighted by Crippen LogP contribution is 2.33. The molecule has 5 heterocycles. The zero-order valence-electron chi connectivity index (χ0n) is 20.6. The smallest absolute Gasteiger partial charge is 0.156 e. The molecule has 1 N–H and O–H groups in total. The molecular weight excluding hydrogens is 469 g/mol. The first-order valence-electron chi connectivity index (χ1n) is 12.3. The molecule has 0 bridgehead atoms. The average molecular weight is 496 g/mol. The fraction of sp³-hybridized carbons (Fsp3) is 0.259. The summed E-state index contributed by atoms with van der Waals surface area (Å²) in [5.74, 6) is 2.11. The minimum Gasteiger partial charge on any atom is -0.361 e. The van der Waals surface area contributed by atoms with Crippen molar-refractivity contribution in [1.29, 1.82) is 0 Å². The highest BCUT2D eigenvalue weighted by atomic mass is 19.1. The summed E-state index contributed by atoms with van der Waals surface area (Å²) in [5.41, 5.74) is 3.72. The van der Waals surface area contributed by atoms with E-state index in [1.165, 1.54) is 12.4 Å². The van der Waals surface area contributed by atoms with Crippen molar-refractivity contribution in [2.24, 2.45) is 0 Å². The SMILES string of the molecule is Cc1c(F)ccc2cc([C@H](C)Nc3ncnc4cccnc34)c(N3CCN(c4cnccn4)CC3)nc12. The Hall–Kier alpha value is -4.47. The lowest BCUT2D eigenvalue weighted by atomic mass is 10.0. The van der Waals surface area contributed by atoms with E-state index in [1.807, 2.05) is 12.1 Å². The van der Waals surface area contributed by atoms with Gasteiger partial charge < -0.3 is 15.1 Å². The molecule has 5 aromatic rings. The number of hydrogen-bond acceptors (Lipinski definition) is 9. The van der Waals surface area contributed by atoms with Crippen LogP contribution in [-0.2, 0) is 0 Å². The quantitative estimate of drug-likeness (QED) is 0.383. The van der Waals surface area contributed by atoms with Crippen molar-refractivity contribution in [3.05, 3.63) is 78.4 Å². The highest BCUT2D eigenvalue weighted by Gasteiger charge is 2.25. The molecule has 1 atom stereocenters. The average Bonchev–Trinajstić information content (AvgIpc) is 2.95. The van der Waals surface area contributed by atoms with Crippen LogP contribution in [0, 0.1) is 12.7 Å². The van der Waals surface area contributed by atoms with Gasteiger partial charge in [-0.15, -0.1) is 0 Å². The number of aryl methyl sites for hydroxylation is 1. The molecule has 9 nitrogen and oxygen atoms in total. The van der Waals surface area contributed by atoms with Crippen LogP contribution in [0.2, 0.25) is 0 Å². The Morgan fingerprint density at radius 3 is 2.57 bits per heavy atom. The van der Waals surface area contributed by atoms with Gasteiger partial charge in [-0.3, -0.25) is 9.97 Å². The summed E-state index contributed by atoms with van der Waals surface area (Å²) in [6.45, 7) is 6.92. The first-order valence-corrected chi connectivity index (χ1v) is 12.3. The maximum absolute atomic E-state index is 14.4. The molecule has 0 saturated carbocycles. The lowest BCUT2D eigenvalue weighted by molar-refractivity contribution is 0.620. The Morgan fingerprint density at radius 1 is 0.919 bits per heavy atom. The van der Waals surface area contributed by atoms with Crippen molar-refractivity contribution in [3.8, 4) is 0 Å². The Balaban J connectivity index is 1.37. The highest BCUT2D eigenvalue weighted by molar-refractivity contribution is 5.87. The molecule has 10 heteroatoms. The summed E-state index contributed by atoms with van der Waals surface area (Å²) >= 11 is 0. The van der Waals surface area contributed by atoms with Crippen LogP contribution in [0.25, 0.3) is 21.9 Å². The maximum Gasteiger partial charge on any atom is 0.156 e. The van der Waals surface area contributed by atoms with Crippen LogP contribution in [0.1, 0.15) is 24.1 Å². The van der Waals surface area contributed by atoms with Gasteiger partial charge in [-0.2, -0.15) is 0 Å². The van der Waals surface area contributed by atoms with E-state index in [1.54, 1.807) is 37.8 Å². The van der Waals surface area contributed by atoms with Gasteiger partial charge in [-0.05, 0) is 44.2 Å². The molecule has 1 fully saturated rings. The fourth-order valence-corrected chi connectivity index (χ4v) is 4.82. The van der Waals surface area contributed by atoms with Gasteiger partial charge in [0.15, 0.2) is 5.82 Å². The monoisotopic (exact) mass is 495 g/mol. The van der Waals surface area contributed by atoms with E-state index in [4.69, 9.17) is 4.98 Å². The molecule has 1 aliphatic rings. The van der Waals surface area contributed by atoms with Gasteiger partial charge in [0.05, 0.1) is 23.3 Å². The molecule has 1 aliphatic heterocycles. The molecule has 0 amide bonds. The summed E-state index contributed by atoms with van der Waals surface area (Å²) in [7, 11) is 0. The Kier molecular flexibility index (Phi) is 5.91. The zero-order valence-corrected chi connectivity index (χ0v) is 20.6. The minimum absolute atomic E-state index is 0.143. The van der Waals surface area contributed by atoms with Gasteiger partial charge in [0.1, 0.15) is 29.3 Å². The van der Waals surface area contributed by atoms with Crippen LogP contribution in [0.4, 0.5) is 21.8 Å². The lowest BCUT2D eigenvalue weighted by Gasteiger charge is -2.37. The molecule has 186 valence electrons. The summed E-state index contributed by atoms with van der Waals surface area (Å²) in [4.78, 5) is 31.4. The van der Waals surface area contributed by atoms with Gasteiger partial charge >= 0.3 is 0 Å². The van der Waals surface area contributed by atoms with Crippen molar-refractivity contribution >= 4 is 39.4 Å². The van der Waals surface area contributed by atoms with Crippen molar-refractivity contribution in [2.45, 2.75) is 19.9 Å². The van der Waals surface area contributed by atoms with Gasteiger partial charge in [-0.25, -0.2) is 24.3 Å². The third-order valence-electron chi connectivity index (χ3n) is 6.85. The van der Waals surface area contributed by atoms with Crippen LogP contribution in [0.5, 0.6) is 0 Å². The number of aromatic nitrogens is 6. The van der Waals surface area contributed by atoms with E-state index in [0.717, 1.165) is 54.3 Å². The summed E-state index contributed by atoms with van der Waals surface area (Å²) in [6, 6.07) is 9.02. The first-order chi connectivity index (χ1) is 18.1. The largest absolute Gasteiger partial charge is 0.361 e. The second-order valence-corrected chi connectivity index (χ2v) is 9.14. The molecule has 37 heavy (non-hydrogen) atoms. The van der Waals surface area contributed by atoms with Gasteiger partial charge in [0, 0.05) is 61.3 Å². The third kappa shape index (κ3) is 4.35. The first kappa shape index (κ1) is 23.0. The van der Waals surface area contributed by atoms with Crippen molar-refractivity contribution < 1.29 is 4.39 Å². The van der Waals surface area contributed by atoms with E-state index in [9.17, 15) is 4.39 Å². The lowest BCUT2D eigenvalue weighted by Crippen LogP contribution is -2.47. The molecule has 0 aliphatic carbocycles.